The maximum Gasteiger partial charge on any atom is 0.408 e. The van der Waals surface area contributed by atoms with Gasteiger partial charge in [-0.3, -0.25) is 14.8 Å². The Hall–Kier alpha value is -0.810. The molecule has 1 atom stereocenters. The number of amides is 1. The maximum absolute atomic E-state index is 12.0. The summed E-state index contributed by atoms with van der Waals surface area (Å²) in [4.78, 5) is 21.3. The van der Waals surface area contributed by atoms with Gasteiger partial charge in [-0.15, -0.1) is 24.0 Å². The molecule has 3 fully saturated rings. The number of rotatable bonds is 5. The van der Waals surface area contributed by atoms with Gasteiger partial charge in [0.05, 0.1) is 5.54 Å². The molecule has 0 aromatic heterocycles. The zero-order valence-electron chi connectivity index (χ0n) is 17.6. The van der Waals surface area contributed by atoms with Gasteiger partial charge in [-0.25, -0.2) is 4.79 Å². The number of aliphatic imine (C=N–C) groups is 1. The molecule has 0 saturated carbocycles. The molecule has 3 N–H and O–H groups in total. The van der Waals surface area contributed by atoms with Crippen LogP contribution in [0.1, 0.15) is 34.6 Å². The number of nitrogens with one attached hydrogen (secondary N) is 3. The molecule has 27 heavy (non-hydrogen) atoms. The zero-order valence-corrected chi connectivity index (χ0v) is 19.9. The highest BCUT2D eigenvalue weighted by atomic mass is 127. The van der Waals surface area contributed by atoms with E-state index in [-0.39, 0.29) is 24.0 Å². The van der Waals surface area contributed by atoms with Gasteiger partial charge < -0.3 is 20.7 Å². The van der Waals surface area contributed by atoms with Crippen LogP contribution in [-0.2, 0) is 4.74 Å². The Balaban J connectivity index is 0.00000364. The lowest BCUT2D eigenvalue weighted by Crippen LogP contribution is -2.64. The van der Waals surface area contributed by atoms with E-state index in [0.717, 1.165) is 32.1 Å². The number of nitrogens with zero attached hydrogens (tertiary/aromatic N) is 3. The van der Waals surface area contributed by atoms with Crippen molar-refractivity contribution in [2.45, 2.75) is 51.8 Å². The Kier molecular flexibility index (Phi) is 9.07. The molecule has 9 heteroatoms. The second-order valence-electron chi connectivity index (χ2n) is 8.81. The molecule has 0 aromatic carbocycles. The molecule has 3 heterocycles. The molecular formula is C18H37IN6O2. The number of guanidine groups is 1. The molecule has 0 radical (unpaired) electrons. The van der Waals surface area contributed by atoms with Gasteiger partial charge in [0.1, 0.15) is 5.60 Å². The molecule has 0 aromatic rings. The third-order valence-corrected chi connectivity index (χ3v) is 4.66. The monoisotopic (exact) mass is 496 g/mol. The molecule has 2 bridgehead atoms. The van der Waals surface area contributed by atoms with Crippen molar-refractivity contribution in [2.24, 2.45) is 4.99 Å². The van der Waals surface area contributed by atoms with Crippen molar-refractivity contribution in [3.8, 4) is 0 Å². The number of carbonyl (C=O) groups excluding carboxylic acids is 1. The SMILES string of the molecule is CN=C(NCC1CN2CCN1CC2)NCC(C)(C)NC(=O)OC(C)(C)C.I. The van der Waals surface area contributed by atoms with E-state index >= 15 is 0 Å². The third kappa shape index (κ3) is 8.39. The van der Waals surface area contributed by atoms with Crippen LogP contribution in [0.15, 0.2) is 4.99 Å². The lowest BCUT2D eigenvalue weighted by atomic mass is 10.1. The molecule has 3 aliphatic rings. The first-order chi connectivity index (χ1) is 12.1. The van der Waals surface area contributed by atoms with Crippen LogP contribution >= 0.6 is 24.0 Å². The number of fused-ring (bicyclic) bond motifs is 3. The molecular weight excluding hydrogens is 459 g/mol. The Labute approximate surface area is 180 Å². The van der Waals surface area contributed by atoms with Crippen LogP contribution in [0.3, 0.4) is 0 Å². The summed E-state index contributed by atoms with van der Waals surface area (Å²) in [5, 5.41) is 9.61. The van der Waals surface area contributed by atoms with Gasteiger partial charge >= 0.3 is 6.09 Å². The van der Waals surface area contributed by atoms with Crippen molar-refractivity contribution in [1.82, 2.24) is 25.8 Å². The van der Waals surface area contributed by atoms with E-state index in [1.807, 2.05) is 34.6 Å². The van der Waals surface area contributed by atoms with Crippen molar-refractivity contribution in [1.29, 1.82) is 0 Å². The van der Waals surface area contributed by atoms with Crippen LogP contribution in [-0.4, -0.2) is 91.9 Å². The number of ether oxygens (including phenoxy) is 1. The molecule has 0 spiro atoms. The second kappa shape index (κ2) is 10.1. The van der Waals surface area contributed by atoms with Gasteiger partial charge in [-0.1, -0.05) is 0 Å². The topological polar surface area (TPSA) is 81.2 Å². The normalized spacial score (nSPS) is 25.4. The Bertz CT molecular complexity index is 512. The van der Waals surface area contributed by atoms with Crippen molar-refractivity contribution in [3.05, 3.63) is 0 Å². The Morgan fingerprint density at radius 1 is 1.11 bits per heavy atom. The lowest BCUT2D eigenvalue weighted by molar-refractivity contribution is 0.0154. The molecule has 8 nitrogen and oxygen atoms in total. The highest BCUT2D eigenvalue weighted by Crippen LogP contribution is 2.14. The summed E-state index contributed by atoms with van der Waals surface area (Å²) in [6, 6.07) is 0.531. The van der Waals surface area contributed by atoms with Crippen LogP contribution in [0.2, 0.25) is 0 Å². The largest absolute Gasteiger partial charge is 0.444 e. The number of alkyl carbamates (subject to hydrolysis) is 1. The number of hydrogen-bond acceptors (Lipinski definition) is 5. The predicted molar refractivity (Wildman–Crippen MR) is 120 cm³/mol. The van der Waals surface area contributed by atoms with Crippen LogP contribution < -0.4 is 16.0 Å². The quantitative estimate of drug-likeness (QED) is 0.300. The van der Waals surface area contributed by atoms with Crippen LogP contribution in [0.5, 0.6) is 0 Å². The Morgan fingerprint density at radius 2 is 1.74 bits per heavy atom. The summed E-state index contributed by atoms with van der Waals surface area (Å²) < 4.78 is 5.33. The van der Waals surface area contributed by atoms with E-state index in [9.17, 15) is 4.79 Å². The average Bonchev–Trinajstić information content (AvgIpc) is 2.53. The molecule has 1 amide bonds. The molecule has 158 valence electrons. The van der Waals surface area contributed by atoms with Crippen LogP contribution in [0.4, 0.5) is 4.79 Å². The minimum Gasteiger partial charge on any atom is -0.444 e. The van der Waals surface area contributed by atoms with Crippen molar-refractivity contribution >= 4 is 36.0 Å². The van der Waals surface area contributed by atoms with Gasteiger partial charge in [-0.05, 0) is 34.6 Å². The summed E-state index contributed by atoms with van der Waals surface area (Å²) in [6.07, 6.45) is -0.410. The van der Waals surface area contributed by atoms with Gasteiger partial charge in [0.2, 0.25) is 0 Å². The van der Waals surface area contributed by atoms with E-state index in [4.69, 9.17) is 4.74 Å². The standard InChI is InChI=1S/C18H36N6O2.HI/c1-17(2,3)26-16(25)22-18(4,5)13-21-15(19-6)20-11-14-12-23-7-9-24(14)10-8-23;/h14H,7-13H2,1-6H3,(H,22,25)(H2,19,20,21);1H. The number of piperazine rings is 3. The van der Waals surface area contributed by atoms with E-state index in [0.29, 0.717) is 12.6 Å². The minimum atomic E-state index is -0.504. The maximum atomic E-state index is 12.0. The van der Waals surface area contributed by atoms with Crippen LogP contribution in [0, 0.1) is 0 Å². The minimum absolute atomic E-state index is 0. The summed E-state index contributed by atoms with van der Waals surface area (Å²) in [5.74, 6) is 0.752. The number of carbonyl (C=O) groups is 1. The van der Waals surface area contributed by atoms with Gasteiger partial charge in [0, 0.05) is 58.9 Å². The number of hydrogen-bond donors (Lipinski definition) is 3. The van der Waals surface area contributed by atoms with E-state index < -0.39 is 17.2 Å². The summed E-state index contributed by atoms with van der Waals surface area (Å²) in [5.41, 5.74) is -0.963. The van der Waals surface area contributed by atoms with Crippen molar-refractivity contribution in [3.63, 3.8) is 0 Å². The lowest BCUT2D eigenvalue weighted by Gasteiger charge is -2.47. The van der Waals surface area contributed by atoms with E-state index in [1.165, 1.54) is 13.1 Å². The van der Waals surface area contributed by atoms with Crippen molar-refractivity contribution < 1.29 is 9.53 Å². The summed E-state index contributed by atoms with van der Waals surface area (Å²) in [7, 11) is 1.76. The zero-order chi connectivity index (χ0) is 19.4. The third-order valence-electron chi connectivity index (χ3n) is 4.66. The smallest absolute Gasteiger partial charge is 0.408 e. The fraction of sp³-hybridized carbons (Fsp3) is 0.889. The average molecular weight is 496 g/mol. The summed E-state index contributed by atoms with van der Waals surface area (Å²) in [6.45, 7) is 16.7. The first-order valence-electron chi connectivity index (χ1n) is 9.50. The van der Waals surface area contributed by atoms with Crippen LogP contribution in [0.25, 0.3) is 0 Å². The molecule has 3 aliphatic heterocycles. The fourth-order valence-electron chi connectivity index (χ4n) is 3.28. The van der Waals surface area contributed by atoms with Gasteiger partial charge in [-0.2, -0.15) is 0 Å². The van der Waals surface area contributed by atoms with Gasteiger partial charge in [0.25, 0.3) is 0 Å². The molecule has 3 saturated heterocycles. The predicted octanol–water partition coefficient (Wildman–Crippen LogP) is 1.07. The molecule has 1 unspecified atom stereocenters. The molecule has 3 rings (SSSR count). The van der Waals surface area contributed by atoms with E-state index in [2.05, 4.69) is 30.7 Å². The first kappa shape index (κ1) is 24.2. The fourth-order valence-corrected chi connectivity index (χ4v) is 3.28. The van der Waals surface area contributed by atoms with Gasteiger partial charge in [0.15, 0.2) is 5.96 Å². The first-order valence-corrected chi connectivity index (χ1v) is 9.50. The second-order valence-corrected chi connectivity index (χ2v) is 8.81. The van der Waals surface area contributed by atoms with Crippen molar-refractivity contribution in [2.75, 3.05) is 52.9 Å². The highest BCUT2D eigenvalue weighted by Gasteiger charge is 2.31. The number of halogens is 1. The summed E-state index contributed by atoms with van der Waals surface area (Å²) >= 11 is 0. The van der Waals surface area contributed by atoms with E-state index in [1.54, 1.807) is 7.05 Å². The highest BCUT2D eigenvalue weighted by molar-refractivity contribution is 14.0. The Morgan fingerprint density at radius 3 is 2.22 bits per heavy atom. The molecule has 0 aliphatic carbocycles.